The molecule has 0 saturated carbocycles. The second-order valence-corrected chi connectivity index (χ2v) is 6.16. The second kappa shape index (κ2) is 7.04. The summed E-state index contributed by atoms with van der Waals surface area (Å²) in [7, 11) is 0. The molecule has 2 rings (SSSR count). The lowest BCUT2D eigenvalue weighted by molar-refractivity contribution is -0.144. The molecule has 0 aliphatic carbocycles. The number of halogens is 2. The number of nitrogens with one attached hydrogen (secondary N) is 1. The van der Waals surface area contributed by atoms with Crippen LogP contribution in [-0.2, 0) is 16.8 Å². The van der Waals surface area contributed by atoms with Gasteiger partial charge in [-0.05, 0) is 31.5 Å². The Balaban J connectivity index is 2.47. The molecule has 0 aliphatic heterocycles. The van der Waals surface area contributed by atoms with E-state index in [1.807, 2.05) is 6.92 Å². The van der Waals surface area contributed by atoms with Crippen molar-refractivity contribution in [3.05, 3.63) is 57.8 Å². The van der Waals surface area contributed by atoms with E-state index in [9.17, 15) is 19.1 Å². The predicted octanol–water partition coefficient (Wildman–Crippen LogP) is 2.67. The zero-order chi connectivity index (χ0) is 17.9. The molecule has 6 nitrogen and oxygen atoms in total. The van der Waals surface area contributed by atoms with Crippen molar-refractivity contribution in [2.45, 2.75) is 25.8 Å². The zero-order valence-electron chi connectivity index (χ0n) is 13.0. The Labute approximate surface area is 146 Å². The van der Waals surface area contributed by atoms with Gasteiger partial charge in [-0.2, -0.15) is 0 Å². The smallest absolute Gasteiger partial charge is 0.333 e. The van der Waals surface area contributed by atoms with Gasteiger partial charge in [-0.1, -0.05) is 22.9 Å². The van der Waals surface area contributed by atoms with Crippen LogP contribution in [-0.4, -0.2) is 27.0 Å². The minimum absolute atomic E-state index is 0.155. The first-order valence-corrected chi connectivity index (χ1v) is 7.89. The third-order valence-electron chi connectivity index (χ3n) is 3.63. The molecule has 1 aromatic heterocycles. The van der Waals surface area contributed by atoms with Crippen LogP contribution in [0.5, 0.6) is 0 Å². The number of hydrogen-bond donors (Lipinski definition) is 2. The van der Waals surface area contributed by atoms with Crippen molar-refractivity contribution >= 4 is 27.8 Å². The quantitative estimate of drug-likeness (QED) is 0.811. The van der Waals surface area contributed by atoms with E-state index in [0.29, 0.717) is 16.6 Å². The van der Waals surface area contributed by atoms with Crippen LogP contribution < -0.4 is 5.32 Å². The topological polar surface area (TPSA) is 92.2 Å². The molecule has 2 N–H and O–H groups in total. The average molecular weight is 396 g/mol. The molecule has 0 aliphatic rings. The highest BCUT2D eigenvalue weighted by atomic mass is 79.9. The molecule has 0 spiro atoms. The lowest BCUT2D eigenvalue weighted by Gasteiger charge is -2.27. The first-order valence-electron chi connectivity index (χ1n) is 7.10. The number of carbonyl (C=O) groups is 2. The van der Waals surface area contributed by atoms with Gasteiger partial charge in [-0.3, -0.25) is 4.79 Å². The normalized spacial score (nSPS) is 13.2. The van der Waals surface area contributed by atoms with Crippen molar-refractivity contribution in [2.75, 3.05) is 0 Å². The molecule has 1 amide bonds. The van der Waals surface area contributed by atoms with Crippen LogP contribution >= 0.6 is 15.9 Å². The van der Waals surface area contributed by atoms with Gasteiger partial charge < -0.3 is 10.4 Å². The number of aryl methyl sites for hydroxylation is 1. The summed E-state index contributed by atoms with van der Waals surface area (Å²) in [6, 6.07) is 3.91. The number of benzene rings is 1. The van der Waals surface area contributed by atoms with Gasteiger partial charge in [0, 0.05) is 16.2 Å². The Morgan fingerprint density at radius 1 is 1.42 bits per heavy atom. The molecular formula is C16H15BrFN3O3. The van der Waals surface area contributed by atoms with Crippen LogP contribution in [0.1, 0.15) is 35.5 Å². The van der Waals surface area contributed by atoms with Crippen LogP contribution in [0, 0.1) is 5.82 Å². The van der Waals surface area contributed by atoms with Gasteiger partial charge in [-0.15, -0.1) is 0 Å². The maximum Gasteiger partial charge on any atom is 0.333 e. The summed E-state index contributed by atoms with van der Waals surface area (Å²) in [5, 5.41) is 12.0. The van der Waals surface area contributed by atoms with Crippen LogP contribution in [0.15, 0.2) is 35.2 Å². The van der Waals surface area contributed by atoms with E-state index in [2.05, 4.69) is 31.2 Å². The first-order chi connectivity index (χ1) is 11.3. The Morgan fingerprint density at radius 3 is 2.75 bits per heavy atom. The summed E-state index contributed by atoms with van der Waals surface area (Å²) in [5.74, 6) is -2.80. The zero-order valence-corrected chi connectivity index (χ0v) is 14.6. The Bertz CT molecular complexity index is 800. The van der Waals surface area contributed by atoms with Crippen molar-refractivity contribution in [1.29, 1.82) is 0 Å². The fourth-order valence-corrected chi connectivity index (χ4v) is 2.60. The largest absolute Gasteiger partial charge is 0.479 e. The SMILES string of the molecule is CCc1ncncc1C(=O)NC(C)(C(=O)O)c1cc(Br)ccc1F. The molecule has 1 unspecified atom stereocenters. The number of aliphatic carboxylic acids is 1. The summed E-state index contributed by atoms with van der Waals surface area (Å²) in [4.78, 5) is 32.1. The van der Waals surface area contributed by atoms with E-state index in [0.717, 1.165) is 6.07 Å². The minimum atomic E-state index is -1.95. The Morgan fingerprint density at radius 2 is 2.12 bits per heavy atom. The highest BCUT2D eigenvalue weighted by Crippen LogP contribution is 2.27. The van der Waals surface area contributed by atoms with Crippen LogP contribution in [0.25, 0.3) is 0 Å². The lowest BCUT2D eigenvalue weighted by atomic mass is 9.91. The van der Waals surface area contributed by atoms with E-state index < -0.39 is 23.2 Å². The third-order valence-corrected chi connectivity index (χ3v) is 4.13. The van der Waals surface area contributed by atoms with Crippen LogP contribution in [0.2, 0.25) is 0 Å². The molecule has 0 radical (unpaired) electrons. The van der Waals surface area contributed by atoms with Crippen molar-refractivity contribution < 1.29 is 19.1 Å². The van der Waals surface area contributed by atoms with E-state index in [1.54, 1.807) is 0 Å². The van der Waals surface area contributed by atoms with Gasteiger partial charge in [0.25, 0.3) is 5.91 Å². The molecular weight excluding hydrogens is 381 g/mol. The Kier molecular flexibility index (Phi) is 5.28. The summed E-state index contributed by atoms with van der Waals surface area (Å²) in [6.45, 7) is 3.04. The fraction of sp³-hybridized carbons (Fsp3) is 0.250. The van der Waals surface area contributed by atoms with Crippen LogP contribution in [0.4, 0.5) is 4.39 Å². The maximum absolute atomic E-state index is 14.2. The molecule has 126 valence electrons. The van der Waals surface area contributed by atoms with Crippen molar-refractivity contribution in [1.82, 2.24) is 15.3 Å². The minimum Gasteiger partial charge on any atom is -0.479 e. The van der Waals surface area contributed by atoms with Crippen LogP contribution in [0.3, 0.4) is 0 Å². The molecule has 1 atom stereocenters. The van der Waals surface area contributed by atoms with E-state index in [-0.39, 0.29) is 11.1 Å². The molecule has 24 heavy (non-hydrogen) atoms. The standard InChI is InChI=1S/C16H15BrFN3O3/c1-3-13-10(7-19-8-20-13)14(22)21-16(2,15(23)24)11-6-9(17)4-5-12(11)18/h4-8H,3H2,1-2H3,(H,21,22)(H,23,24). The second-order valence-electron chi connectivity index (χ2n) is 5.25. The van der Waals surface area contributed by atoms with Crippen molar-refractivity contribution in [3.8, 4) is 0 Å². The molecule has 8 heteroatoms. The highest BCUT2D eigenvalue weighted by molar-refractivity contribution is 9.10. The maximum atomic E-state index is 14.2. The van der Waals surface area contributed by atoms with Crippen molar-refractivity contribution in [3.63, 3.8) is 0 Å². The average Bonchev–Trinajstić information content (AvgIpc) is 2.56. The monoisotopic (exact) mass is 395 g/mol. The van der Waals surface area contributed by atoms with Gasteiger partial charge in [-0.25, -0.2) is 19.2 Å². The lowest BCUT2D eigenvalue weighted by Crippen LogP contribution is -2.50. The summed E-state index contributed by atoms with van der Waals surface area (Å²) >= 11 is 3.18. The van der Waals surface area contributed by atoms with Gasteiger partial charge in [0.1, 0.15) is 12.1 Å². The number of hydrogen-bond acceptors (Lipinski definition) is 4. The first kappa shape index (κ1) is 18.0. The molecule has 2 aromatic rings. The van der Waals surface area contributed by atoms with E-state index >= 15 is 0 Å². The number of carboxylic acid groups (broad SMARTS) is 1. The molecule has 0 bridgehead atoms. The summed E-state index contributed by atoms with van der Waals surface area (Å²) in [5.41, 5.74) is -1.48. The van der Waals surface area contributed by atoms with E-state index in [4.69, 9.17) is 0 Å². The predicted molar refractivity (Wildman–Crippen MR) is 88.0 cm³/mol. The fourth-order valence-electron chi connectivity index (χ4n) is 2.24. The highest BCUT2D eigenvalue weighted by Gasteiger charge is 2.40. The molecule has 1 heterocycles. The number of nitrogens with zero attached hydrogens (tertiary/aromatic N) is 2. The Hall–Kier alpha value is -2.35. The van der Waals surface area contributed by atoms with Gasteiger partial charge in [0.15, 0.2) is 5.54 Å². The molecule has 0 saturated heterocycles. The number of aromatic nitrogens is 2. The molecule has 0 fully saturated rings. The number of carbonyl (C=O) groups excluding carboxylic acids is 1. The summed E-state index contributed by atoms with van der Waals surface area (Å²) in [6.07, 6.45) is 3.08. The molecule has 1 aromatic carbocycles. The van der Waals surface area contributed by atoms with Crippen molar-refractivity contribution in [2.24, 2.45) is 0 Å². The number of carboxylic acids is 1. The van der Waals surface area contributed by atoms with Gasteiger partial charge >= 0.3 is 5.97 Å². The third kappa shape index (κ3) is 3.43. The summed E-state index contributed by atoms with van der Waals surface area (Å²) < 4.78 is 14.7. The number of rotatable bonds is 5. The number of amides is 1. The van der Waals surface area contributed by atoms with Gasteiger partial charge in [0.05, 0.1) is 11.3 Å². The van der Waals surface area contributed by atoms with Gasteiger partial charge in [0.2, 0.25) is 0 Å². The van der Waals surface area contributed by atoms with E-state index in [1.165, 1.54) is 31.6 Å².